The average Bonchev–Trinajstić information content (AvgIpc) is 2.75. The summed E-state index contributed by atoms with van der Waals surface area (Å²) in [5.74, 6) is -0.504. The first-order valence-corrected chi connectivity index (χ1v) is 11.0. The van der Waals surface area contributed by atoms with Gasteiger partial charge in [0, 0.05) is 20.6 Å². The Morgan fingerprint density at radius 3 is 2.55 bits per heavy atom. The Bertz CT molecular complexity index is 1110. The molecule has 8 heteroatoms. The number of thioether (sulfide) groups is 1. The standard InChI is InChI=1S/C23H20BrFN2O3S/c1-14(22(28)27-21-10-9-16(24)12-20(21)25)31-19-8-4-6-17(13-19)26-23(29)15-5-3-7-18(11-15)30-2/h3-14H,1-2H3,(H,26,29)(H,27,28). The monoisotopic (exact) mass is 502 g/mol. The molecule has 2 amide bonds. The Morgan fingerprint density at radius 1 is 1.03 bits per heavy atom. The fourth-order valence-corrected chi connectivity index (χ4v) is 3.96. The SMILES string of the molecule is COc1cccc(C(=O)Nc2cccc(SC(C)C(=O)Nc3ccc(Br)cc3F)c2)c1. The summed E-state index contributed by atoms with van der Waals surface area (Å²) in [6, 6.07) is 18.5. The molecule has 0 saturated carbocycles. The van der Waals surface area contributed by atoms with Crippen molar-refractivity contribution in [3.05, 3.63) is 82.6 Å². The van der Waals surface area contributed by atoms with E-state index in [1.54, 1.807) is 62.6 Å². The van der Waals surface area contributed by atoms with E-state index >= 15 is 0 Å². The van der Waals surface area contributed by atoms with E-state index in [2.05, 4.69) is 26.6 Å². The van der Waals surface area contributed by atoms with E-state index in [-0.39, 0.29) is 17.5 Å². The first kappa shape index (κ1) is 22.8. The number of carbonyl (C=O) groups excluding carboxylic acids is 2. The Labute approximate surface area is 192 Å². The van der Waals surface area contributed by atoms with Gasteiger partial charge in [0.15, 0.2) is 0 Å². The highest BCUT2D eigenvalue weighted by molar-refractivity contribution is 9.10. The van der Waals surface area contributed by atoms with Gasteiger partial charge in [-0.15, -0.1) is 11.8 Å². The summed E-state index contributed by atoms with van der Waals surface area (Å²) in [5.41, 5.74) is 1.20. The highest BCUT2D eigenvalue weighted by atomic mass is 79.9. The fraction of sp³-hybridized carbons (Fsp3) is 0.130. The van der Waals surface area contributed by atoms with Crippen molar-refractivity contribution in [2.24, 2.45) is 0 Å². The largest absolute Gasteiger partial charge is 0.497 e. The lowest BCUT2D eigenvalue weighted by atomic mass is 10.2. The van der Waals surface area contributed by atoms with Crippen LogP contribution in [0.25, 0.3) is 0 Å². The van der Waals surface area contributed by atoms with Crippen LogP contribution in [0.5, 0.6) is 5.75 Å². The molecule has 0 aromatic heterocycles. The quantitative estimate of drug-likeness (QED) is 0.390. The molecule has 5 nitrogen and oxygen atoms in total. The normalized spacial score (nSPS) is 11.5. The van der Waals surface area contributed by atoms with Gasteiger partial charge in [0.1, 0.15) is 11.6 Å². The number of rotatable bonds is 7. The Balaban J connectivity index is 1.64. The molecule has 0 aliphatic rings. The summed E-state index contributed by atoms with van der Waals surface area (Å²) < 4.78 is 19.7. The molecule has 2 N–H and O–H groups in total. The van der Waals surface area contributed by atoms with Gasteiger partial charge in [-0.2, -0.15) is 0 Å². The summed E-state index contributed by atoms with van der Waals surface area (Å²) in [4.78, 5) is 25.8. The van der Waals surface area contributed by atoms with Gasteiger partial charge in [-0.25, -0.2) is 4.39 Å². The second-order valence-corrected chi connectivity index (χ2v) is 8.92. The van der Waals surface area contributed by atoms with E-state index in [0.29, 0.717) is 21.5 Å². The van der Waals surface area contributed by atoms with Crippen LogP contribution in [0.2, 0.25) is 0 Å². The third-order valence-electron chi connectivity index (χ3n) is 4.29. The summed E-state index contributed by atoms with van der Waals surface area (Å²) in [5, 5.41) is 4.96. The van der Waals surface area contributed by atoms with Crippen LogP contribution in [0.3, 0.4) is 0 Å². The number of anilines is 2. The molecule has 1 unspecified atom stereocenters. The first-order chi connectivity index (χ1) is 14.9. The van der Waals surface area contributed by atoms with E-state index in [0.717, 1.165) is 4.90 Å². The van der Waals surface area contributed by atoms with Crippen molar-refractivity contribution in [3.63, 3.8) is 0 Å². The van der Waals surface area contributed by atoms with E-state index in [9.17, 15) is 14.0 Å². The summed E-state index contributed by atoms with van der Waals surface area (Å²) in [7, 11) is 1.54. The highest BCUT2D eigenvalue weighted by Crippen LogP contribution is 2.28. The highest BCUT2D eigenvalue weighted by Gasteiger charge is 2.17. The van der Waals surface area contributed by atoms with Crippen molar-refractivity contribution < 1.29 is 18.7 Å². The maximum Gasteiger partial charge on any atom is 0.255 e. The number of hydrogen-bond acceptors (Lipinski definition) is 4. The molecular formula is C23H20BrFN2O3S. The van der Waals surface area contributed by atoms with Crippen molar-refractivity contribution in [1.29, 1.82) is 0 Å². The zero-order valence-electron chi connectivity index (χ0n) is 16.8. The van der Waals surface area contributed by atoms with Gasteiger partial charge < -0.3 is 15.4 Å². The molecule has 3 aromatic carbocycles. The van der Waals surface area contributed by atoms with Gasteiger partial charge in [0.2, 0.25) is 5.91 Å². The Hall–Kier alpha value is -2.84. The fourth-order valence-electron chi connectivity index (χ4n) is 2.70. The molecule has 0 saturated heterocycles. The molecule has 1 atom stereocenters. The average molecular weight is 503 g/mol. The van der Waals surface area contributed by atoms with Crippen molar-refractivity contribution in [1.82, 2.24) is 0 Å². The lowest BCUT2D eigenvalue weighted by Crippen LogP contribution is -2.23. The number of amides is 2. The first-order valence-electron chi connectivity index (χ1n) is 9.34. The van der Waals surface area contributed by atoms with Crippen molar-refractivity contribution >= 4 is 50.9 Å². The minimum atomic E-state index is -0.512. The van der Waals surface area contributed by atoms with Crippen molar-refractivity contribution in [2.75, 3.05) is 17.7 Å². The number of methoxy groups -OCH3 is 1. The lowest BCUT2D eigenvalue weighted by Gasteiger charge is -2.14. The molecule has 0 aliphatic heterocycles. The molecule has 0 fully saturated rings. The number of ether oxygens (including phenoxy) is 1. The second-order valence-electron chi connectivity index (χ2n) is 6.59. The van der Waals surface area contributed by atoms with E-state index in [1.165, 1.54) is 23.9 Å². The van der Waals surface area contributed by atoms with Gasteiger partial charge in [-0.1, -0.05) is 28.1 Å². The van der Waals surface area contributed by atoms with Gasteiger partial charge in [0.25, 0.3) is 5.91 Å². The summed E-state index contributed by atoms with van der Waals surface area (Å²) in [6.45, 7) is 1.73. The summed E-state index contributed by atoms with van der Waals surface area (Å²) >= 11 is 4.50. The maximum atomic E-state index is 14.0. The van der Waals surface area contributed by atoms with Crippen LogP contribution in [-0.4, -0.2) is 24.2 Å². The van der Waals surface area contributed by atoms with Crippen LogP contribution in [0.15, 0.2) is 76.1 Å². The Kier molecular flexibility index (Phi) is 7.70. The summed E-state index contributed by atoms with van der Waals surface area (Å²) in [6.07, 6.45) is 0. The van der Waals surface area contributed by atoms with Crippen molar-refractivity contribution in [3.8, 4) is 5.75 Å². The molecule has 0 radical (unpaired) electrons. The van der Waals surface area contributed by atoms with Crippen molar-refractivity contribution in [2.45, 2.75) is 17.1 Å². The molecule has 3 rings (SSSR count). The van der Waals surface area contributed by atoms with Crippen LogP contribution in [0.4, 0.5) is 15.8 Å². The van der Waals surface area contributed by atoms with Crippen LogP contribution >= 0.6 is 27.7 Å². The number of halogens is 2. The second kappa shape index (κ2) is 10.5. The number of carbonyl (C=O) groups is 2. The molecule has 0 spiro atoms. The molecule has 0 heterocycles. The predicted molar refractivity (Wildman–Crippen MR) is 125 cm³/mol. The molecular weight excluding hydrogens is 483 g/mol. The zero-order valence-corrected chi connectivity index (χ0v) is 19.2. The van der Waals surface area contributed by atoms with Gasteiger partial charge in [-0.3, -0.25) is 9.59 Å². The van der Waals surface area contributed by atoms with Crippen LogP contribution in [-0.2, 0) is 4.79 Å². The molecule has 3 aromatic rings. The lowest BCUT2D eigenvalue weighted by molar-refractivity contribution is -0.115. The third-order valence-corrected chi connectivity index (χ3v) is 5.88. The molecule has 31 heavy (non-hydrogen) atoms. The van der Waals surface area contributed by atoms with Gasteiger partial charge >= 0.3 is 0 Å². The maximum absolute atomic E-state index is 14.0. The Morgan fingerprint density at radius 2 is 1.81 bits per heavy atom. The smallest absolute Gasteiger partial charge is 0.255 e. The number of nitrogens with one attached hydrogen (secondary N) is 2. The van der Waals surface area contributed by atoms with E-state index < -0.39 is 11.1 Å². The number of hydrogen-bond donors (Lipinski definition) is 2. The zero-order chi connectivity index (χ0) is 22.4. The molecule has 160 valence electrons. The van der Waals surface area contributed by atoms with Gasteiger partial charge in [-0.05, 0) is 61.5 Å². The third kappa shape index (κ3) is 6.32. The predicted octanol–water partition coefficient (Wildman–Crippen LogP) is 5.97. The number of benzene rings is 3. The topological polar surface area (TPSA) is 67.4 Å². The van der Waals surface area contributed by atoms with Crippen LogP contribution in [0, 0.1) is 5.82 Å². The van der Waals surface area contributed by atoms with Gasteiger partial charge in [0.05, 0.1) is 18.0 Å². The minimum absolute atomic E-state index is 0.125. The van der Waals surface area contributed by atoms with Crippen LogP contribution < -0.4 is 15.4 Å². The minimum Gasteiger partial charge on any atom is -0.497 e. The van der Waals surface area contributed by atoms with Crippen LogP contribution in [0.1, 0.15) is 17.3 Å². The van der Waals surface area contributed by atoms with E-state index in [4.69, 9.17) is 4.74 Å². The molecule has 0 bridgehead atoms. The molecule has 0 aliphatic carbocycles. The van der Waals surface area contributed by atoms with E-state index in [1.807, 2.05) is 6.07 Å².